The van der Waals surface area contributed by atoms with Crippen LogP contribution in [0.2, 0.25) is 0 Å². The Kier molecular flexibility index (Phi) is 6.04. The number of carboxylic acids is 1. The zero-order valence-electron chi connectivity index (χ0n) is 11.6. The Balaban J connectivity index is 2.39. The fourth-order valence-corrected chi connectivity index (χ4v) is 1.88. The second-order valence-electron chi connectivity index (χ2n) is 5.29. The molecule has 0 aromatic heterocycles. The molecule has 1 atom stereocenters. The molecule has 20 heavy (non-hydrogen) atoms. The van der Waals surface area contributed by atoms with Gasteiger partial charge in [0.15, 0.2) is 0 Å². The van der Waals surface area contributed by atoms with Crippen LogP contribution in [0.5, 0.6) is 0 Å². The fourth-order valence-electron chi connectivity index (χ4n) is 1.88. The van der Waals surface area contributed by atoms with E-state index in [4.69, 9.17) is 11.5 Å². The van der Waals surface area contributed by atoms with Crippen molar-refractivity contribution in [3.05, 3.63) is 0 Å². The minimum atomic E-state index is -0.959. The molecule has 110 valence electrons. The number of carboxylic acid groups (broad SMARTS) is 1. The third kappa shape index (κ3) is 6.23. The first kappa shape index (κ1) is 16.0. The largest absolute Gasteiger partial charge is 0.481 e. The number of aliphatic carboxylic acids is 1. The van der Waals surface area contributed by atoms with Crippen LogP contribution in [-0.2, 0) is 9.59 Å². The van der Waals surface area contributed by atoms with E-state index in [0.717, 1.165) is 12.8 Å². The highest BCUT2D eigenvalue weighted by Crippen LogP contribution is 2.29. The molecule has 1 aliphatic rings. The quantitative estimate of drug-likeness (QED) is 0.683. The Morgan fingerprint density at radius 3 is 2.55 bits per heavy atom. The highest BCUT2D eigenvalue weighted by Gasteiger charge is 2.27. The molecule has 0 bridgehead atoms. The summed E-state index contributed by atoms with van der Waals surface area (Å²) in [4.78, 5) is 35.5. The zero-order valence-corrected chi connectivity index (χ0v) is 11.6. The van der Waals surface area contributed by atoms with Crippen LogP contribution in [0.15, 0.2) is 0 Å². The third-order valence-corrected chi connectivity index (χ3v) is 3.05. The minimum absolute atomic E-state index is 0.00532. The number of imide groups is 1. The summed E-state index contributed by atoms with van der Waals surface area (Å²) in [5.41, 5.74) is 0. The lowest BCUT2D eigenvalue weighted by molar-refractivity contribution is -0.138. The highest BCUT2D eigenvalue weighted by atomic mass is 16.4. The number of nitrogens with zero attached hydrogens (tertiary/aromatic N) is 1. The van der Waals surface area contributed by atoms with E-state index in [2.05, 4.69) is 11.2 Å². The normalized spacial score (nSPS) is 15.0. The predicted octanol–water partition coefficient (Wildman–Crippen LogP) is 1.07. The summed E-state index contributed by atoms with van der Waals surface area (Å²) in [7, 11) is 0. The van der Waals surface area contributed by atoms with Crippen molar-refractivity contribution in [3.63, 3.8) is 0 Å². The van der Waals surface area contributed by atoms with Crippen molar-refractivity contribution in [1.29, 1.82) is 0 Å². The van der Waals surface area contributed by atoms with Crippen LogP contribution in [0, 0.1) is 24.2 Å². The molecule has 1 saturated carbocycles. The Labute approximate surface area is 118 Å². The second kappa shape index (κ2) is 7.53. The molecule has 2 N–H and O–H groups in total. The van der Waals surface area contributed by atoms with E-state index >= 15 is 0 Å². The number of nitrogens with one attached hydrogen (secondary N) is 1. The summed E-state index contributed by atoms with van der Waals surface area (Å²) < 4.78 is 0. The van der Waals surface area contributed by atoms with Gasteiger partial charge in [-0.1, -0.05) is 12.8 Å². The average molecular weight is 280 g/mol. The highest BCUT2D eigenvalue weighted by molar-refractivity contribution is 5.94. The molecule has 0 aromatic carbocycles. The van der Waals surface area contributed by atoms with Crippen LogP contribution < -0.4 is 5.32 Å². The Hall–Kier alpha value is -2.03. The monoisotopic (exact) mass is 280 g/mol. The summed E-state index contributed by atoms with van der Waals surface area (Å²) in [5.74, 6) is 1.13. The van der Waals surface area contributed by atoms with E-state index in [9.17, 15) is 14.4 Å². The van der Waals surface area contributed by atoms with E-state index in [1.165, 1.54) is 4.90 Å². The summed E-state index contributed by atoms with van der Waals surface area (Å²) in [5, 5.41) is 10.9. The van der Waals surface area contributed by atoms with Crippen LogP contribution in [0.3, 0.4) is 0 Å². The van der Waals surface area contributed by atoms with Gasteiger partial charge in [0.05, 0.1) is 6.54 Å². The maximum absolute atomic E-state index is 11.9. The molecular formula is C14H20N2O4. The molecule has 0 spiro atoms. The van der Waals surface area contributed by atoms with E-state index in [1.807, 2.05) is 0 Å². The zero-order chi connectivity index (χ0) is 15.1. The second-order valence-corrected chi connectivity index (χ2v) is 5.29. The van der Waals surface area contributed by atoms with Crippen LogP contribution in [0.1, 0.15) is 32.6 Å². The van der Waals surface area contributed by atoms with Gasteiger partial charge in [0, 0.05) is 19.4 Å². The minimum Gasteiger partial charge on any atom is -0.481 e. The molecule has 1 unspecified atom stereocenters. The number of rotatable bonds is 7. The third-order valence-electron chi connectivity index (χ3n) is 3.05. The topological polar surface area (TPSA) is 86.7 Å². The number of carbonyl (C=O) groups is 3. The van der Waals surface area contributed by atoms with Gasteiger partial charge < -0.3 is 10.0 Å². The van der Waals surface area contributed by atoms with E-state index in [0.29, 0.717) is 12.5 Å². The summed E-state index contributed by atoms with van der Waals surface area (Å²) >= 11 is 0. The standard InChI is InChI=1S/C14H20N2O4/c1-3-6-16(9-11-4-5-11)14(20)15-12(17)7-10(2)8-13(18)19/h1,10-11H,4-9H2,2H3,(H,18,19)(H,15,17,20). The molecular weight excluding hydrogens is 260 g/mol. The number of hydrogen-bond donors (Lipinski definition) is 2. The lowest BCUT2D eigenvalue weighted by Gasteiger charge is -2.20. The molecule has 1 rings (SSSR count). The molecule has 6 heteroatoms. The average Bonchev–Trinajstić information content (AvgIpc) is 3.10. The maximum atomic E-state index is 11.9. The van der Waals surface area contributed by atoms with Crippen molar-refractivity contribution in [2.45, 2.75) is 32.6 Å². The van der Waals surface area contributed by atoms with E-state index in [1.54, 1.807) is 6.92 Å². The number of terminal acetylenes is 1. The van der Waals surface area contributed by atoms with Gasteiger partial charge in [-0.2, -0.15) is 0 Å². The summed E-state index contributed by atoms with van der Waals surface area (Å²) in [6.07, 6.45) is 7.28. The van der Waals surface area contributed by atoms with Crippen LogP contribution >= 0.6 is 0 Å². The van der Waals surface area contributed by atoms with Gasteiger partial charge in [-0.3, -0.25) is 14.9 Å². The maximum Gasteiger partial charge on any atom is 0.324 e. The molecule has 1 aliphatic carbocycles. The van der Waals surface area contributed by atoms with Crippen molar-refractivity contribution in [2.24, 2.45) is 11.8 Å². The van der Waals surface area contributed by atoms with Crippen LogP contribution in [-0.4, -0.2) is 41.0 Å². The van der Waals surface area contributed by atoms with Gasteiger partial charge in [0.25, 0.3) is 0 Å². The Morgan fingerprint density at radius 2 is 2.05 bits per heavy atom. The van der Waals surface area contributed by atoms with Crippen LogP contribution in [0.25, 0.3) is 0 Å². The molecule has 0 aliphatic heterocycles. The number of hydrogen-bond acceptors (Lipinski definition) is 3. The van der Waals surface area contributed by atoms with Crippen molar-refractivity contribution in [3.8, 4) is 12.3 Å². The Bertz CT molecular complexity index is 423. The first-order valence-corrected chi connectivity index (χ1v) is 6.66. The van der Waals surface area contributed by atoms with Crippen molar-refractivity contribution in [1.82, 2.24) is 10.2 Å². The number of urea groups is 1. The predicted molar refractivity (Wildman–Crippen MR) is 72.7 cm³/mol. The lowest BCUT2D eigenvalue weighted by Crippen LogP contribution is -2.44. The van der Waals surface area contributed by atoms with E-state index in [-0.39, 0.29) is 25.3 Å². The first-order valence-electron chi connectivity index (χ1n) is 6.66. The number of amides is 3. The van der Waals surface area contributed by atoms with Gasteiger partial charge in [-0.05, 0) is 24.7 Å². The molecule has 3 amide bonds. The van der Waals surface area contributed by atoms with Gasteiger partial charge in [0.2, 0.25) is 5.91 Å². The SMILES string of the molecule is C#CCN(CC1CC1)C(=O)NC(=O)CC(C)CC(=O)O. The first-order chi connectivity index (χ1) is 9.42. The van der Waals surface area contributed by atoms with Crippen molar-refractivity contribution >= 4 is 17.9 Å². The van der Waals surface area contributed by atoms with Crippen LogP contribution in [0.4, 0.5) is 4.79 Å². The van der Waals surface area contributed by atoms with Gasteiger partial charge in [0.1, 0.15) is 0 Å². The molecule has 6 nitrogen and oxygen atoms in total. The fraction of sp³-hybridized carbons (Fsp3) is 0.643. The lowest BCUT2D eigenvalue weighted by atomic mass is 10.0. The van der Waals surface area contributed by atoms with E-state index < -0.39 is 17.9 Å². The number of carbonyl (C=O) groups excluding carboxylic acids is 2. The van der Waals surface area contributed by atoms with Gasteiger partial charge in [-0.25, -0.2) is 4.79 Å². The molecule has 0 aromatic rings. The summed E-state index contributed by atoms with van der Waals surface area (Å²) in [6, 6.07) is -0.498. The molecule has 0 heterocycles. The molecule has 1 fully saturated rings. The van der Waals surface area contributed by atoms with Gasteiger partial charge in [-0.15, -0.1) is 6.42 Å². The molecule has 0 radical (unpaired) electrons. The van der Waals surface area contributed by atoms with Gasteiger partial charge >= 0.3 is 12.0 Å². The smallest absolute Gasteiger partial charge is 0.324 e. The Morgan fingerprint density at radius 1 is 1.40 bits per heavy atom. The molecule has 0 saturated heterocycles. The van der Waals surface area contributed by atoms with Crippen molar-refractivity contribution < 1.29 is 19.5 Å². The van der Waals surface area contributed by atoms with Crippen molar-refractivity contribution in [2.75, 3.05) is 13.1 Å². The summed E-state index contributed by atoms with van der Waals surface area (Å²) in [6.45, 7) is 2.38.